The Labute approximate surface area is 118 Å². The highest BCUT2D eigenvalue weighted by Crippen LogP contribution is 2.37. The molecule has 3 N–H and O–H groups in total. The molecule has 0 spiro atoms. The maximum Gasteiger partial charge on any atom is 0.245 e. The lowest BCUT2D eigenvalue weighted by molar-refractivity contribution is 0.236. The van der Waals surface area contributed by atoms with Crippen LogP contribution in [-0.4, -0.2) is 21.9 Å². The van der Waals surface area contributed by atoms with Gasteiger partial charge in [-0.1, -0.05) is 49.3 Å². The Hall–Kier alpha value is -1.72. The topological polar surface area (TPSA) is 85.2 Å². The van der Waals surface area contributed by atoms with E-state index >= 15 is 0 Å². The monoisotopic (exact) mass is 275 g/mol. The van der Waals surface area contributed by atoms with Crippen molar-refractivity contribution in [1.82, 2.24) is 10.1 Å². The van der Waals surface area contributed by atoms with E-state index in [0.717, 1.165) is 18.4 Å². The van der Waals surface area contributed by atoms with Crippen LogP contribution < -0.4 is 5.73 Å². The van der Waals surface area contributed by atoms with Crippen molar-refractivity contribution in [2.24, 2.45) is 5.73 Å². The molecule has 1 aromatic carbocycles. The molecule has 2 aromatic rings. The zero-order valence-corrected chi connectivity index (χ0v) is 11.9. The minimum atomic E-state index is -0.626. The van der Waals surface area contributed by atoms with Gasteiger partial charge in [0.15, 0.2) is 5.82 Å². The van der Waals surface area contributed by atoms with Crippen molar-refractivity contribution < 1.29 is 9.63 Å². The van der Waals surface area contributed by atoms with Crippen LogP contribution in [0.5, 0.6) is 0 Å². The van der Waals surface area contributed by atoms with Gasteiger partial charge in [0.05, 0.1) is 12.0 Å². The van der Waals surface area contributed by atoms with Crippen molar-refractivity contribution in [3.8, 4) is 0 Å². The zero-order chi connectivity index (χ0) is 14.6. The molecule has 1 aromatic heterocycles. The number of hydrogen-bond donors (Lipinski definition) is 2. The molecule has 0 amide bonds. The van der Waals surface area contributed by atoms with Crippen molar-refractivity contribution in [2.75, 3.05) is 6.61 Å². The molecule has 1 atom stereocenters. The molecule has 5 nitrogen and oxygen atoms in total. The zero-order valence-electron chi connectivity index (χ0n) is 11.9. The Morgan fingerprint density at radius 3 is 2.45 bits per heavy atom. The van der Waals surface area contributed by atoms with Gasteiger partial charge in [-0.2, -0.15) is 4.98 Å². The number of aliphatic hydroxyl groups is 1. The molecule has 0 aliphatic heterocycles. The van der Waals surface area contributed by atoms with Crippen LogP contribution in [0, 0.1) is 0 Å². The third-order valence-electron chi connectivity index (χ3n) is 3.92. The summed E-state index contributed by atoms with van der Waals surface area (Å²) in [5.41, 5.74) is 6.61. The highest BCUT2D eigenvalue weighted by Gasteiger charge is 2.36. The van der Waals surface area contributed by atoms with E-state index in [1.54, 1.807) is 0 Å². The molecule has 20 heavy (non-hydrogen) atoms. The summed E-state index contributed by atoms with van der Waals surface area (Å²) >= 11 is 0. The first-order chi connectivity index (χ1) is 9.67. The van der Waals surface area contributed by atoms with E-state index in [-0.39, 0.29) is 17.9 Å². The molecule has 0 saturated carbocycles. The molecule has 0 unspecified atom stereocenters. The van der Waals surface area contributed by atoms with Crippen LogP contribution in [0.1, 0.15) is 50.0 Å². The second-order valence-corrected chi connectivity index (χ2v) is 4.90. The van der Waals surface area contributed by atoms with Gasteiger partial charge < -0.3 is 15.4 Å². The van der Waals surface area contributed by atoms with Gasteiger partial charge >= 0.3 is 0 Å². The summed E-state index contributed by atoms with van der Waals surface area (Å²) in [6, 6.07) is 9.54. The SMILES string of the molecule is CCC(CC)(c1ccccc1)c1noc([C@@H](N)CO)n1. The minimum Gasteiger partial charge on any atom is -0.394 e. The van der Waals surface area contributed by atoms with Gasteiger partial charge in [0, 0.05) is 0 Å². The van der Waals surface area contributed by atoms with E-state index in [2.05, 4.69) is 36.1 Å². The number of aliphatic hydroxyl groups excluding tert-OH is 1. The molecule has 0 radical (unpaired) electrons. The Bertz CT molecular complexity index is 535. The normalized spacial score (nSPS) is 13.4. The summed E-state index contributed by atoms with van der Waals surface area (Å²) in [6.07, 6.45) is 1.72. The van der Waals surface area contributed by atoms with Gasteiger partial charge in [-0.25, -0.2) is 0 Å². The summed E-state index contributed by atoms with van der Waals surface area (Å²) in [5.74, 6) is 0.914. The highest BCUT2D eigenvalue weighted by atomic mass is 16.5. The van der Waals surface area contributed by atoms with E-state index in [1.165, 1.54) is 0 Å². The Morgan fingerprint density at radius 1 is 1.25 bits per heavy atom. The average molecular weight is 275 g/mol. The summed E-state index contributed by atoms with van der Waals surface area (Å²) in [7, 11) is 0. The minimum absolute atomic E-state index is 0.210. The van der Waals surface area contributed by atoms with Crippen LogP contribution in [0.3, 0.4) is 0 Å². The molecular weight excluding hydrogens is 254 g/mol. The van der Waals surface area contributed by atoms with Crippen molar-refractivity contribution in [2.45, 2.75) is 38.1 Å². The van der Waals surface area contributed by atoms with Crippen LogP contribution in [0.4, 0.5) is 0 Å². The van der Waals surface area contributed by atoms with Crippen molar-refractivity contribution >= 4 is 0 Å². The second-order valence-electron chi connectivity index (χ2n) is 4.90. The first kappa shape index (κ1) is 14.7. The third-order valence-corrected chi connectivity index (χ3v) is 3.92. The standard InChI is InChI=1S/C15H21N3O2/c1-3-15(4-2,11-8-6-5-7-9-11)14-17-13(20-18-14)12(16)10-19/h5-9,12,19H,3-4,10,16H2,1-2H3/t12-/m0/s1. The van der Waals surface area contributed by atoms with Gasteiger partial charge in [-0.05, 0) is 18.4 Å². The van der Waals surface area contributed by atoms with E-state index in [4.69, 9.17) is 15.4 Å². The molecule has 0 fully saturated rings. The van der Waals surface area contributed by atoms with Gasteiger partial charge in [-0.3, -0.25) is 0 Å². The molecule has 108 valence electrons. The number of aromatic nitrogens is 2. The van der Waals surface area contributed by atoms with Crippen LogP contribution in [0.2, 0.25) is 0 Å². The van der Waals surface area contributed by atoms with Gasteiger partial charge in [0.1, 0.15) is 6.04 Å². The smallest absolute Gasteiger partial charge is 0.245 e. The molecule has 0 saturated heterocycles. The third kappa shape index (κ3) is 2.46. The Kier molecular flexibility index (Phi) is 4.52. The van der Waals surface area contributed by atoms with E-state index in [1.807, 2.05) is 18.2 Å². The number of nitrogens with two attached hydrogens (primary N) is 1. The van der Waals surface area contributed by atoms with Gasteiger partial charge in [0.25, 0.3) is 0 Å². The molecule has 2 rings (SSSR count). The van der Waals surface area contributed by atoms with E-state index < -0.39 is 6.04 Å². The fourth-order valence-electron chi connectivity index (χ4n) is 2.52. The highest BCUT2D eigenvalue weighted by molar-refractivity contribution is 5.32. The molecule has 1 heterocycles. The van der Waals surface area contributed by atoms with Crippen LogP contribution in [0.25, 0.3) is 0 Å². The first-order valence-corrected chi connectivity index (χ1v) is 6.94. The number of benzene rings is 1. The number of rotatable bonds is 6. The van der Waals surface area contributed by atoms with Gasteiger partial charge in [0.2, 0.25) is 5.89 Å². The molecule has 0 bridgehead atoms. The van der Waals surface area contributed by atoms with Crippen molar-refractivity contribution in [1.29, 1.82) is 0 Å². The summed E-state index contributed by atoms with van der Waals surface area (Å²) < 4.78 is 5.20. The fraction of sp³-hybridized carbons (Fsp3) is 0.467. The van der Waals surface area contributed by atoms with E-state index in [9.17, 15) is 0 Å². The van der Waals surface area contributed by atoms with E-state index in [0.29, 0.717) is 5.82 Å². The molecular formula is C15H21N3O2. The quantitative estimate of drug-likeness (QED) is 0.844. The maximum absolute atomic E-state index is 9.08. The molecule has 5 heteroatoms. The fourth-order valence-corrected chi connectivity index (χ4v) is 2.52. The Balaban J connectivity index is 2.46. The lowest BCUT2D eigenvalue weighted by Crippen LogP contribution is -2.28. The van der Waals surface area contributed by atoms with Crippen LogP contribution in [-0.2, 0) is 5.41 Å². The largest absolute Gasteiger partial charge is 0.394 e. The molecule has 0 aliphatic carbocycles. The predicted molar refractivity (Wildman–Crippen MR) is 76.1 cm³/mol. The molecule has 0 aliphatic rings. The van der Waals surface area contributed by atoms with Crippen LogP contribution >= 0.6 is 0 Å². The van der Waals surface area contributed by atoms with Gasteiger partial charge in [-0.15, -0.1) is 0 Å². The van der Waals surface area contributed by atoms with Crippen LogP contribution in [0.15, 0.2) is 34.9 Å². The lowest BCUT2D eigenvalue weighted by Gasteiger charge is -2.28. The number of hydrogen-bond acceptors (Lipinski definition) is 5. The summed E-state index contributed by atoms with van der Waals surface area (Å²) in [4.78, 5) is 4.41. The summed E-state index contributed by atoms with van der Waals surface area (Å²) in [6.45, 7) is 4.01. The summed E-state index contributed by atoms with van der Waals surface area (Å²) in [5, 5.41) is 13.2. The maximum atomic E-state index is 9.08. The number of nitrogens with zero attached hydrogens (tertiary/aromatic N) is 2. The predicted octanol–water partition coefficient (Wildman–Crippen LogP) is 2.17. The average Bonchev–Trinajstić information content (AvgIpc) is 3.00. The first-order valence-electron chi connectivity index (χ1n) is 6.94. The second kappa shape index (κ2) is 6.15. The Morgan fingerprint density at radius 2 is 1.90 bits per heavy atom. The van der Waals surface area contributed by atoms with Crippen molar-refractivity contribution in [3.05, 3.63) is 47.6 Å². The van der Waals surface area contributed by atoms with Crippen molar-refractivity contribution in [3.63, 3.8) is 0 Å². The lowest BCUT2D eigenvalue weighted by atomic mass is 9.75.